The van der Waals surface area contributed by atoms with Crippen LogP contribution in [0.3, 0.4) is 0 Å². The molecule has 0 aromatic rings. The molecule has 0 heterocycles. The van der Waals surface area contributed by atoms with Crippen molar-refractivity contribution in [2.75, 3.05) is 19.8 Å². The van der Waals surface area contributed by atoms with Crippen molar-refractivity contribution in [1.29, 1.82) is 0 Å². The number of esters is 3. The topological polar surface area (TPSA) is 99.1 Å². The van der Waals surface area contributed by atoms with Crippen molar-refractivity contribution in [2.45, 2.75) is 90.6 Å². The lowest BCUT2D eigenvalue weighted by molar-refractivity contribution is -0.177. The van der Waals surface area contributed by atoms with E-state index >= 15 is 0 Å². The average molecular weight is 389 g/mol. The van der Waals surface area contributed by atoms with Crippen molar-refractivity contribution in [2.24, 2.45) is 0 Å². The van der Waals surface area contributed by atoms with Crippen LogP contribution in [0.15, 0.2) is 0 Å². The molecule has 0 rings (SSSR count). The highest BCUT2D eigenvalue weighted by atomic mass is 16.6. The predicted octanol–water partition coefficient (Wildman–Crippen LogP) is 3.31. The lowest BCUT2D eigenvalue weighted by atomic mass is 9.95. The SMILES string of the molecule is CCCCCCCCCCOC(=O)C(O)(CC(=O)OCC)CC(=O)OCC. The first-order valence-corrected chi connectivity index (χ1v) is 10.1. The van der Waals surface area contributed by atoms with Crippen molar-refractivity contribution < 1.29 is 33.7 Å². The van der Waals surface area contributed by atoms with Gasteiger partial charge in [-0.1, -0.05) is 51.9 Å². The molecule has 0 bridgehead atoms. The van der Waals surface area contributed by atoms with Crippen LogP contribution < -0.4 is 0 Å². The normalized spacial score (nSPS) is 11.1. The summed E-state index contributed by atoms with van der Waals surface area (Å²) in [4.78, 5) is 35.6. The molecule has 27 heavy (non-hydrogen) atoms. The van der Waals surface area contributed by atoms with Crippen LogP contribution in [0.5, 0.6) is 0 Å². The Kier molecular flexibility index (Phi) is 14.5. The first kappa shape index (κ1) is 25.4. The molecule has 0 aromatic carbocycles. The van der Waals surface area contributed by atoms with Crippen LogP contribution in [0, 0.1) is 0 Å². The minimum Gasteiger partial charge on any atom is -0.466 e. The van der Waals surface area contributed by atoms with Crippen LogP contribution in [0.2, 0.25) is 0 Å². The smallest absolute Gasteiger partial charge is 0.339 e. The van der Waals surface area contributed by atoms with E-state index in [1.54, 1.807) is 13.8 Å². The molecule has 0 aliphatic heterocycles. The summed E-state index contributed by atoms with van der Waals surface area (Å²) in [6, 6.07) is 0. The van der Waals surface area contributed by atoms with Crippen molar-refractivity contribution in [3.63, 3.8) is 0 Å². The Hall–Kier alpha value is -1.63. The molecule has 0 saturated heterocycles. The van der Waals surface area contributed by atoms with Crippen molar-refractivity contribution in [3.8, 4) is 0 Å². The summed E-state index contributed by atoms with van der Waals surface area (Å²) in [7, 11) is 0. The van der Waals surface area contributed by atoms with E-state index in [0.717, 1.165) is 19.3 Å². The van der Waals surface area contributed by atoms with Crippen LogP contribution in [0.4, 0.5) is 0 Å². The Bertz CT molecular complexity index is 414. The van der Waals surface area contributed by atoms with E-state index < -0.39 is 36.4 Å². The molecule has 0 unspecified atom stereocenters. The van der Waals surface area contributed by atoms with Gasteiger partial charge in [0.05, 0.1) is 32.7 Å². The summed E-state index contributed by atoms with van der Waals surface area (Å²) >= 11 is 0. The number of ether oxygens (including phenoxy) is 3. The minimum absolute atomic E-state index is 0.113. The second-order valence-electron chi connectivity index (χ2n) is 6.61. The molecule has 0 atom stereocenters. The third kappa shape index (κ3) is 12.4. The monoisotopic (exact) mass is 388 g/mol. The first-order chi connectivity index (χ1) is 12.9. The van der Waals surface area contributed by atoms with Crippen LogP contribution in [0.1, 0.15) is 85.0 Å². The van der Waals surface area contributed by atoms with Crippen LogP contribution in [0.25, 0.3) is 0 Å². The Balaban J connectivity index is 4.37. The minimum atomic E-state index is -2.27. The number of unbranched alkanes of at least 4 members (excludes halogenated alkanes) is 7. The molecule has 158 valence electrons. The first-order valence-electron chi connectivity index (χ1n) is 10.1. The summed E-state index contributed by atoms with van der Waals surface area (Å²) in [5.74, 6) is -2.53. The van der Waals surface area contributed by atoms with Gasteiger partial charge in [0.25, 0.3) is 0 Å². The van der Waals surface area contributed by atoms with Gasteiger partial charge in [0.15, 0.2) is 5.60 Å². The van der Waals surface area contributed by atoms with E-state index in [-0.39, 0.29) is 19.8 Å². The van der Waals surface area contributed by atoms with Gasteiger partial charge < -0.3 is 19.3 Å². The molecule has 7 heteroatoms. The van der Waals surface area contributed by atoms with Crippen LogP contribution in [-0.2, 0) is 28.6 Å². The molecule has 0 aliphatic carbocycles. The highest BCUT2D eigenvalue weighted by molar-refractivity contribution is 5.90. The van der Waals surface area contributed by atoms with Gasteiger partial charge in [0.2, 0.25) is 0 Å². The second kappa shape index (κ2) is 15.4. The van der Waals surface area contributed by atoms with Gasteiger partial charge >= 0.3 is 17.9 Å². The number of hydrogen-bond acceptors (Lipinski definition) is 7. The number of carbonyl (C=O) groups is 3. The maximum absolute atomic E-state index is 12.3. The molecule has 0 amide bonds. The van der Waals surface area contributed by atoms with Crippen LogP contribution >= 0.6 is 0 Å². The fourth-order valence-corrected chi connectivity index (χ4v) is 2.64. The average Bonchev–Trinajstić information content (AvgIpc) is 2.60. The van der Waals surface area contributed by atoms with Crippen LogP contribution in [-0.4, -0.2) is 48.4 Å². The van der Waals surface area contributed by atoms with Crippen molar-refractivity contribution in [3.05, 3.63) is 0 Å². The number of rotatable bonds is 16. The van der Waals surface area contributed by atoms with Gasteiger partial charge in [-0.15, -0.1) is 0 Å². The summed E-state index contributed by atoms with van der Waals surface area (Å²) in [5, 5.41) is 10.5. The lowest BCUT2D eigenvalue weighted by Crippen LogP contribution is -2.45. The second-order valence-corrected chi connectivity index (χ2v) is 6.61. The Morgan fingerprint density at radius 3 is 1.59 bits per heavy atom. The summed E-state index contributed by atoms with van der Waals surface area (Å²) in [5.41, 5.74) is -2.27. The molecular formula is C20H36O7. The molecule has 7 nitrogen and oxygen atoms in total. The van der Waals surface area contributed by atoms with Crippen molar-refractivity contribution in [1.82, 2.24) is 0 Å². The van der Waals surface area contributed by atoms with Gasteiger partial charge in [-0.05, 0) is 20.3 Å². The van der Waals surface area contributed by atoms with Crippen molar-refractivity contribution >= 4 is 17.9 Å². The van der Waals surface area contributed by atoms with Gasteiger partial charge in [-0.25, -0.2) is 4.79 Å². The van der Waals surface area contributed by atoms with Gasteiger partial charge in [0.1, 0.15) is 0 Å². The van der Waals surface area contributed by atoms with Gasteiger partial charge in [0, 0.05) is 0 Å². The zero-order valence-corrected chi connectivity index (χ0v) is 17.1. The molecule has 0 aromatic heterocycles. The third-order valence-corrected chi connectivity index (χ3v) is 4.10. The largest absolute Gasteiger partial charge is 0.466 e. The molecule has 0 fully saturated rings. The highest BCUT2D eigenvalue weighted by Crippen LogP contribution is 2.20. The maximum Gasteiger partial charge on any atom is 0.339 e. The lowest BCUT2D eigenvalue weighted by Gasteiger charge is -2.24. The summed E-state index contributed by atoms with van der Waals surface area (Å²) < 4.78 is 14.6. The third-order valence-electron chi connectivity index (χ3n) is 4.10. The zero-order valence-electron chi connectivity index (χ0n) is 17.1. The maximum atomic E-state index is 12.3. The highest BCUT2D eigenvalue weighted by Gasteiger charge is 2.43. The van der Waals surface area contributed by atoms with Gasteiger partial charge in [-0.3, -0.25) is 9.59 Å². The van der Waals surface area contributed by atoms with Gasteiger partial charge in [-0.2, -0.15) is 0 Å². The fourth-order valence-electron chi connectivity index (χ4n) is 2.64. The molecule has 0 saturated carbocycles. The van der Waals surface area contributed by atoms with E-state index in [4.69, 9.17) is 14.2 Å². The van der Waals surface area contributed by atoms with E-state index in [0.29, 0.717) is 6.42 Å². The van der Waals surface area contributed by atoms with E-state index in [1.165, 1.54) is 25.7 Å². The number of hydrogen-bond donors (Lipinski definition) is 1. The zero-order chi connectivity index (χ0) is 20.5. The Labute approximate surface area is 162 Å². The van der Waals surface area contributed by atoms with E-state index in [9.17, 15) is 19.5 Å². The Morgan fingerprint density at radius 1 is 0.704 bits per heavy atom. The summed E-state index contributed by atoms with van der Waals surface area (Å²) in [6.07, 6.45) is 7.48. The summed E-state index contributed by atoms with van der Waals surface area (Å²) in [6.45, 7) is 5.77. The fraction of sp³-hybridized carbons (Fsp3) is 0.850. The standard InChI is InChI=1S/C20H36O7/c1-4-7-8-9-10-11-12-13-14-27-19(23)20(24,15-17(21)25-5-2)16-18(22)26-6-3/h24H,4-16H2,1-3H3. The van der Waals surface area contributed by atoms with E-state index in [1.807, 2.05) is 0 Å². The molecule has 1 N–H and O–H groups in total. The number of aliphatic hydroxyl groups is 1. The predicted molar refractivity (Wildman–Crippen MR) is 101 cm³/mol. The molecule has 0 aliphatic rings. The molecule has 0 radical (unpaired) electrons. The number of carbonyl (C=O) groups excluding carboxylic acids is 3. The molecular weight excluding hydrogens is 352 g/mol. The molecule has 0 spiro atoms. The quantitative estimate of drug-likeness (QED) is 0.246. The van der Waals surface area contributed by atoms with E-state index in [2.05, 4.69) is 6.92 Å². The Morgan fingerprint density at radius 2 is 1.15 bits per heavy atom.